The second-order valence-corrected chi connectivity index (χ2v) is 9.25. The highest BCUT2D eigenvalue weighted by atomic mass is 32.2. The molecular formula is C22H28N2O3S. The lowest BCUT2D eigenvalue weighted by Gasteiger charge is -2.14. The molecule has 0 saturated heterocycles. The molecule has 2 N–H and O–H groups in total. The van der Waals surface area contributed by atoms with Crippen LogP contribution in [0.2, 0.25) is 0 Å². The third kappa shape index (κ3) is 6.46. The zero-order valence-electron chi connectivity index (χ0n) is 16.2. The number of carbonyl (C=O) groups is 1. The van der Waals surface area contributed by atoms with Gasteiger partial charge in [0.15, 0.2) is 0 Å². The molecule has 1 amide bonds. The van der Waals surface area contributed by atoms with Crippen LogP contribution in [0.15, 0.2) is 59.5 Å². The number of rotatable bonds is 10. The summed E-state index contributed by atoms with van der Waals surface area (Å²) in [4.78, 5) is 12.5. The van der Waals surface area contributed by atoms with E-state index in [0.717, 1.165) is 31.2 Å². The third-order valence-electron chi connectivity index (χ3n) is 4.89. The fraction of sp³-hybridized carbons (Fsp3) is 0.409. The van der Waals surface area contributed by atoms with Gasteiger partial charge in [-0.3, -0.25) is 4.79 Å². The zero-order chi connectivity index (χ0) is 20.0. The lowest BCUT2D eigenvalue weighted by Crippen LogP contribution is -2.33. The van der Waals surface area contributed by atoms with Crippen LogP contribution in [0.4, 0.5) is 0 Å². The fourth-order valence-electron chi connectivity index (χ4n) is 3.03. The van der Waals surface area contributed by atoms with E-state index in [2.05, 4.69) is 22.2 Å². The number of amides is 1. The van der Waals surface area contributed by atoms with Crippen molar-refractivity contribution in [3.8, 4) is 0 Å². The zero-order valence-corrected chi connectivity index (χ0v) is 17.0. The Kier molecular flexibility index (Phi) is 6.86. The van der Waals surface area contributed by atoms with Crippen LogP contribution in [0.3, 0.4) is 0 Å². The van der Waals surface area contributed by atoms with Crippen LogP contribution < -0.4 is 10.0 Å². The summed E-state index contributed by atoms with van der Waals surface area (Å²) in [5.74, 6) is 0.0210. The Morgan fingerprint density at radius 1 is 1.00 bits per heavy atom. The number of nitrogens with one attached hydrogen (secondary N) is 2. The van der Waals surface area contributed by atoms with Gasteiger partial charge in [-0.25, -0.2) is 13.1 Å². The van der Waals surface area contributed by atoms with Crippen LogP contribution in [0.5, 0.6) is 0 Å². The summed E-state index contributed by atoms with van der Waals surface area (Å²) in [6.07, 6.45) is 4.64. The molecule has 0 bridgehead atoms. The van der Waals surface area contributed by atoms with Crippen molar-refractivity contribution in [1.82, 2.24) is 10.0 Å². The SMILES string of the molecule is C[C@@H](CCc1ccccc1)NC(=O)CCc1ccc(S(=O)(=O)NC2CC2)cc1. The number of sulfonamides is 1. The van der Waals surface area contributed by atoms with Crippen molar-refractivity contribution < 1.29 is 13.2 Å². The normalized spacial score (nSPS) is 15.2. The van der Waals surface area contributed by atoms with Gasteiger partial charge in [-0.1, -0.05) is 42.5 Å². The Morgan fingerprint density at radius 2 is 1.64 bits per heavy atom. The molecule has 0 heterocycles. The minimum Gasteiger partial charge on any atom is -0.354 e. The van der Waals surface area contributed by atoms with Crippen molar-refractivity contribution >= 4 is 15.9 Å². The van der Waals surface area contributed by atoms with Gasteiger partial charge in [0, 0.05) is 18.5 Å². The van der Waals surface area contributed by atoms with Gasteiger partial charge in [0.25, 0.3) is 0 Å². The highest BCUT2D eigenvalue weighted by Crippen LogP contribution is 2.22. The van der Waals surface area contributed by atoms with Crippen molar-refractivity contribution in [3.05, 3.63) is 65.7 Å². The monoisotopic (exact) mass is 400 g/mol. The van der Waals surface area contributed by atoms with E-state index in [4.69, 9.17) is 0 Å². The molecule has 0 spiro atoms. The number of benzene rings is 2. The fourth-order valence-corrected chi connectivity index (χ4v) is 4.33. The molecule has 0 unspecified atom stereocenters. The van der Waals surface area contributed by atoms with E-state index in [1.165, 1.54) is 5.56 Å². The van der Waals surface area contributed by atoms with Gasteiger partial charge in [0.2, 0.25) is 15.9 Å². The van der Waals surface area contributed by atoms with E-state index < -0.39 is 10.0 Å². The maximum absolute atomic E-state index is 12.2. The first-order valence-electron chi connectivity index (χ1n) is 9.87. The van der Waals surface area contributed by atoms with Crippen molar-refractivity contribution in [1.29, 1.82) is 0 Å². The Morgan fingerprint density at radius 3 is 2.29 bits per heavy atom. The molecule has 1 aliphatic rings. The summed E-state index contributed by atoms with van der Waals surface area (Å²) in [5, 5.41) is 3.04. The first-order chi connectivity index (χ1) is 13.4. The van der Waals surface area contributed by atoms with Crippen LogP contribution in [0.25, 0.3) is 0 Å². The van der Waals surface area contributed by atoms with Crippen LogP contribution in [-0.2, 0) is 27.7 Å². The molecule has 6 heteroatoms. The van der Waals surface area contributed by atoms with Crippen molar-refractivity contribution in [2.45, 2.75) is 62.4 Å². The topological polar surface area (TPSA) is 75.3 Å². The Bertz CT molecular complexity index is 876. The smallest absolute Gasteiger partial charge is 0.240 e. The van der Waals surface area contributed by atoms with Crippen molar-refractivity contribution in [3.63, 3.8) is 0 Å². The molecule has 1 aliphatic carbocycles. The number of aryl methyl sites for hydroxylation is 2. The Labute approximate surface area is 167 Å². The van der Waals surface area contributed by atoms with E-state index in [-0.39, 0.29) is 22.9 Å². The minimum atomic E-state index is -3.42. The van der Waals surface area contributed by atoms with E-state index in [9.17, 15) is 13.2 Å². The maximum Gasteiger partial charge on any atom is 0.240 e. The van der Waals surface area contributed by atoms with Gasteiger partial charge in [0.05, 0.1) is 4.90 Å². The number of hydrogen-bond acceptors (Lipinski definition) is 3. The molecule has 5 nitrogen and oxygen atoms in total. The number of carbonyl (C=O) groups excluding carboxylic acids is 1. The molecular weight excluding hydrogens is 372 g/mol. The summed E-state index contributed by atoms with van der Waals surface area (Å²) < 4.78 is 27.0. The van der Waals surface area contributed by atoms with Gasteiger partial charge in [-0.2, -0.15) is 0 Å². The standard InChI is InChI=1S/C22H28N2O3S/c1-17(7-8-18-5-3-2-4-6-18)23-22(25)16-11-19-9-14-21(15-10-19)28(26,27)24-20-12-13-20/h2-6,9-10,14-15,17,20,24H,7-8,11-13,16H2,1H3,(H,23,25)/t17-/m0/s1. The summed E-state index contributed by atoms with van der Waals surface area (Å²) in [6.45, 7) is 2.02. The quantitative estimate of drug-likeness (QED) is 0.643. The molecule has 3 rings (SSSR count). The average molecular weight is 401 g/mol. The minimum absolute atomic E-state index is 0.0210. The Balaban J connectivity index is 1.41. The summed E-state index contributed by atoms with van der Waals surface area (Å²) in [7, 11) is -3.42. The van der Waals surface area contributed by atoms with E-state index >= 15 is 0 Å². The summed E-state index contributed by atoms with van der Waals surface area (Å²) >= 11 is 0. The molecule has 0 aliphatic heterocycles. The van der Waals surface area contributed by atoms with E-state index in [0.29, 0.717) is 12.8 Å². The van der Waals surface area contributed by atoms with E-state index in [1.807, 2.05) is 25.1 Å². The largest absolute Gasteiger partial charge is 0.354 e. The molecule has 2 aromatic carbocycles. The second kappa shape index (κ2) is 9.34. The molecule has 0 radical (unpaired) electrons. The van der Waals surface area contributed by atoms with Crippen LogP contribution >= 0.6 is 0 Å². The first-order valence-corrected chi connectivity index (χ1v) is 11.4. The van der Waals surface area contributed by atoms with Gasteiger partial charge in [-0.05, 0) is 62.3 Å². The van der Waals surface area contributed by atoms with Gasteiger partial charge < -0.3 is 5.32 Å². The molecule has 28 heavy (non-hydrogen) atoms. The van der Waals surface area contributed by atoms with Gasteiger partial charge >= 0.3 is 0 Å². The lowest BCUT2D eigenvalue weighted by molar-refractivity contribution is -0.121. The summed E-state index contributed by atoms with van der Waals surface area (Å²) in [6, 6.07) is 17.2. The van der Waals surface area contributed by atoms with Crippen molar-refractivity contribution in [2.75, 3.05) is 0 Å². The highest BCUT2D eigenvalue weighted by Gasteiger charge is 2.27. The van der Waals surface area contributed by atoms with Crippen LogP contribution in [0, 0.1) is 0 Å². The lowest BCUT2D eigenvalue weighted by atomic mass is 10.1. The van der Waals surface area contributed by atoms with E-state index in [1.54, 1.807) is 24.3 Å². The molecule has 1 fully saturated rings. The third-order valence-corrected chi connectivity index (χ3v) is 6.43. The molecule has 150 valence electrons. The first kappa shape index (κ1) is 20.6. The molecule has 1 atom stereocenters. The predicted molar refractivity (Wildman–Crippen MR) is 110 cm³/mol. The molecule has 2 aromatic rings. The van der Waals surface area contributed by atoms with Crippen LogP contribution in [-0.4, -0.2) is 26.4 Å². The predicted octanol–water partition coefficient (Wildman–Crippen LogP) is 3.20. The average Bonchev–Trinajstić information content (AvgIpc) is 3.49. The van der Waals surface area contributed by atoms with Gasteiger partial charge in [-0.15, -0.1) is 0 Å². The van der Waals surface area contributed by atoms with Gasteiger partial charge in [0.1, 0.15) is 0 Å². The number of hydrogen-bond donors (Lipinski definition) is 2. The van der Waals surface area contributed by atoms with Crippen molar-refractivity contribution in [2.24, 2.45) is 0 Å². The highest BCUT2D eigenvalue weighted by molar-refractivity contribution is 7.89. The summed E-state index contributed by atoms with van der Waals surface area (Å²) in [5.41, 5.74) is 2.23. The Hall–Kier alpha value is -2.18. The molecule has 1 saturated carbocycles. The van der Waals surface area contributed by atoms with Crippen LogP contribution in [0.1, 0.15) is 43.7 Å². The molecule has 0 aromatic heterocycles. The maximum atomic E-state index is 12.2. The second-order valence-electron chi connectivity index (χ2n) is 7.53.